The Kier molecular flexibility index (Phi) is 5.38. The zero-order chi connectivity index (χ0) is 18.0. The lowest BCUT2D eigenvalue weighted by atomic mass is 9.96. The number of nitrogens with zero attached hydrogens (tertiary/aromatic N) is 1. The fourth-order valence-corrected chi connectivity index (χ4v) is 3.94. The number of esters is 1. The summed E-state index contributed by atoms with van der Waals surface area (Å²) in [5.41, 5.74) is 4.44. The maximum absolute atomic E-state index is 12.0. The maximum atomic E-state index is 12.0. The zero-order valence-corrected chi connectivity index (χ0v) is 15.9. The van der Waals surface area contributed by atoms with E-state index in [0.29, 0.717) is 5.92 Å². The largest absolute Gasteiger partial charge is 0.469 e. The molecule has 1 aliphatic rings. The molecule has 0 saturated heterocycles. The molecule has 1 aromatic heterocycles. The van der Waals surface area contributed by atoms with Gasteiger partial charge < -0.3 is 9.30 Å². The van der Waals surface area contributed by atoms with Crippen molar-refractivity contribution in [1.29, 1.82) is 0 Å². The van der Waals surface area contributed by atoms with Gasteiger partial charge in [0.25, 0.3) is 0 Å². The molecule has 0 bridgehead atoms. The molecule has 2 heterocycles. The molecule has 2 aromatic rings. The van der Waals surface area contributed by atoms with Crippen LogP contribution < -0.4 is 0 Å². The van der Waals surface area contributed by atoms with Gasteiger partial charge in [0.05, 0.1) is 23.6 Å². The number of carbonyl (C=O) groups excluding carboxylic acids is 1. The van der Waals surface area contributed by atoms with Gasteiger partial charge in [0, 0.05) is 12.2 Å². The van der Waals surface area contributed by atoms with Gasteiger partial charge >= 0.3 is 5.97 Å². The lowest BCUT2D eigenvalue weighted by Crippen LogP contribution is -2.24. The molecule has 132 valence electrons. The minimum Gasteiger partial charge on any atom is -0.469 e. The number of aromatic nitrogens is 1. The Morgan fingerprint density at radius 1 is 1.24 bits per heavy atom. The molecule has 1 unspecified atom stereocenters. The van der Waals surface area contributed by atoms with Crippen molar-refractivity contribution in [1.82, 2.24) is 4.57 Å². The maximum Gasteiger partial charge on any atom is 0.314 e. The summed E-state index contributed by atoms with van der Waals surface area (Å²) < 4.78 is 7.15. The number of thiocarbonyl (C=S) groups is 1. The van der Waals surface area contributed by atoms with E-state index < -0.39 is 0 Å². The Morgan fingerprint density at radius 2 is 1.96 bits per heavy atom. The first-order chi connectivity index (χ1) is 12.0. The molecule has 1 aromatic carbocycles. The highest BCUT2D eigenvalue weighted by molar-refractivity contribution is 7.81. The van der Waals surface area contributed by atoms with Crippen LogP contribution >= 0.6 is 12.2 Å². The number of ether oxygens (including phenoxy) is 1. The van der Waals surface area contributed by atoms with E-state index in [1.165, 1.54) is 12.7 Å². The van der Waals surface area contributed by atoms with Crippen molar-refractivity contribution < 1.29 is 9.53 Å². The fourth-order valence-electron chi connectivity index (χ4n) is 3.63. The van der Waals surface area contributed by atoms with Crippen LogP contribution in [0.4, 0.5) is 0 Å². The van der Waals surface area contributed by atoms with Crippen molar-refractivity contribution in [3.63, 3.8) is 0 Å². The molecule has 0 radical (unpaired) electrons. The standard InChI is InChI=1S/C21H25NO2S/c1-14(2)13-15-6-8-16(9-7-15)20(25)19-11-10-18-17(21(23)24-3)5-4-12-22(18)19/h6-11,14,17H,4-5,12-13H2,1-3H3. The minimum absolute atomic E-state index is 0.158. The molecule has 0 N–H and O–H groups in total. The Labute approximate surface area is 155 Å². The topological polar surface area (TPSA) is 31.2 Å². The van der Waals surface area contributed by atoms with Gasteiger partial charge in [-0.15, -0.1) is 0 Å². The number of benzene rings is 1. The van der Waals surface area contributed by atoms with Crippen LogP contribution in [-0.4, -0.2) is 22.5 Å². The zero-order valence-electron chi connectivity index (χ0n) is 15.1. The summed E-state index contributed by atoms with van der Waals surface area (Å²) >= 11 is 5.75. The molecule has 4 heteroatoms. The van der Waals surface area contributed by atoms with Crippen LogP contribution in [-0.2, 0) is 22.5 Å². The van der Waals surface area contributed by atoms with Crippen molar-refractivity contribution >= 4 is 23.1 Å². The number of hydrogen-bond acceptors (Lipinski definition) is 3. The first-order valence-corrected chi connectivity index (χ1v) is 9.33. The number of fused-ring (bicyclic) bond motifs is 1. The second kappa shape index (κ2) is 7.52. The van der Waals surface area contributed by atoms with Gasteiger partial charge in [-0.3, -0.25) is 4.79 Å². The van der Waals surface area contributed by atoms with Crippen molar-refractivity contribution in [2.45, 2.75) is 45.6 Å². The minimum atomic E-state index is -0.177. The first-order valence-electron chi connectivity index (χ1n) is 8.92. The summed E-state index contributed by atoms with van der Waals surface area (Å²) in [4.78, 5) is 12.9. The van der Waals surface area contributed by atoms with E-state index in [2.05, 4.69) is 42.7 Å². The van der Waals surface area contributed by atoms with E-state index in [-0.39, 0.29) is 11.9 Å². The Bertz CT molecular complexity index is 774. The summed E-state index contributed by atoms with van der Waals surface area (Å²) in [6.45, 7) is 5.35. The normalized spacial score (nSPS) is 16.6. The number of carbonyl (C=O) groups is 1. The third-order valence-corrected chi connectivity index (χ3v) is 5.27. The highest BCUT2D eigenvalue weighted by Gasteiger charge is 2.29. The molecular formula is C21H25NO2S. The average Bonchev–Trinajstić information content (AvgIpc) is 3.04. The fraction of sp³-hybridized carbons (Fsp3) is 0.429. The van der Waals surface area contributed by atoms with Crippen molar-refractivity contribution in [2.75, 3.05) is 7.11 Å². The van der Waals surface area contributed by atoms with Crippen LogP contribution in [0.2, 0.25) is 0 Å². The predicted octanol–water partition coefficient (Wildman–Crippen LogP) is 4.50. The van der Waals surface area contributed by atoms with E-state index in [0.717, 1.165) is 47.6 Å². The van der Waals surface area contributed by atoms with Crippen LogP contribution in [0.1, 0.15) is 55.1 Å². The van der Waals surface area contributed by atoms with Gasteiger partial charge in [0.1, 0.15) is 0 Å². The van der Waals surface area contributed by atoms with Crippen LogP contribution in [0.5, 0.6) is 0 Å². The monoisotopic (exact) mass is 355 g/mol. The molecule has 0 amide bonds. The molecule has 3 rings (SSSR count). The molecule has 0 fully saturated rings. The highest BCUT2D eigenvalue weighted by atomic mass is 32.1. The first kappa shape index (κ1) is 17.9. The smallest absolute Gasteiger partial charge is 0.314 e. The summed E-state index contributed by atoms with van der Waals surface area (Å²) in [7, 11) is 1.45. The lowest BCUT2D eigenvalue weighted by Gasteiger charge is -2.24. The Morgan fingerprint density at radius 3 is 2.60 bits per heavy atom. The summed E-state index contributed by atoms with van der Waals surface area (Å²) in [6.07, 6.45) is 2.88. The van der Waals surface area contributed by atoms with Crippen LogP contribution in [0.25, 0.3) is 0 Å². The molecule has 1 aliphatic heterocycles. The van der Waals surface area contributed by atoms with E-state index >= 15 is 0 Å². The predicted molar refractivity (Wildman–Crippen MR) is 104 cm³/mol. The van der Waals surface area contributed by atoms with Crippen LogP contribution in [0.3, 0.4) is 0 Å². The third-order valence-electron chi connectivity index (χ3n) is 4.82. The Hall–Kier alpha value is -1.94. The molecule has 0 aliphatic carbocycles. The molecule has 25 heavy (non-hydrogen) atoms. The van der Waals surface area contributed by atoms with E-state index in [9.17, 15) is 4.79 Å². The van der Waals surface area contributed by atoms with Gasteiger partial charge in [-0.1, -0.05) is 50.3 Å². The van der Waals surface area contributed by atoms with Gasteiger partial charge in [-0.05, 0) is 48.4 Å². The number of methoxy groups -OCH3 is 1. The van der Waals surface area contributed by atoms with Crippen molar-refractivity contribution in [2.24, 2.45) is 5.92 Å². The highest BCUT2D eigenvalue weighted by Crippen LogP contribution is 2.31. The Balaban J connectivity index is 1.86. The van der Waals surface area contributed by atoms with E-state index in [1.54, 1.807) is 0 Å². The average molecular weight is 356 g/mol. The van der Waals surface area contributed by atoms with Crippen LogP contribution in [0, 0.1) is 5.92 Å². The van der Waals surface area contributed by atoms with E-state index in [4.69, 9.17) is 17.0 Å². The molecule has 1 atom stereocenters. The SMILES string of the molecule is COC(=O)C1CCCn2c(C(=S)c3ccc(CC(C)C)cc3)ccc21. The molecular weight excluding hydrogens is 330 g/mol. The second-order valence-corrected chi connectivity index (χ2v) is 7.55. The van der Waals surface area contributed by atoms with Crippen LogP contribution in [0.15, 0.2) is 36.4 Å². The van der Waals surface area contributed by atoms with Gasteiger partial charge in [-0.2, -0.15) is 0 Å². The lowest BCUT2D eigenvalue weighted by molar-refractivity contribution is -0.143. The van der Waals surface area contributed by atoms with Gasteiger partial charge in [-0.25, -0.2) is 0 Å². The van der Waals surface area contributed by atoms with E-state index in [1.807, 2.05) is 12.1 Å². The molecule has 0 saturated carbocycles. The van der Waals surface area contributed by atoms with Crippen molar-refractivity contribution in [3.05, 3.63) is 58.9 Å². The number of rotatable bonds is 5. The number of hydrogen-bond donors (Lipinski definition) is 0. The molecule has 3 nitrogen and oxygen atoms in total. The quantitative estimate of drug-likeness (QED) is 0.449. The van der Waals surface area contributed by atoms with Gasteiger partial charge in [0.15, 0.2) is 0 Å². The third kappa shape index (κ3) is 3.69. The second-order valence-electron chi connectivity index (χ2n) is 7.14. The summed E-state index contributed by atoms with van der Waals surface area (Å²) in [5.74, 6) is 0.309. The van der Waals surface area contributed by atoms with Gasteiger partial charge in [0.2, 0.25) is 0 Å². The summed E-state index contributed by atoms with van der Waals surface area (Å²) in [6, 6.07) is 12.6. The summed E-state index contributed by atoms with van der Waals surface area (Å²) in [5, 5.41) is 0. The molecule has 0 spiro atoms. The van der Waals surface area contributed by atoms with Crippen molar-refractivity contribution in [3.8, 4) is 0 Å².